The number of aromatic nitrogens is 3. The second kappa shape index (κ2) is 8.49. The molecule has 3 aromatic rings. The maximum atomic E-state index is 6.17. The SMILES string of the molecule is CCc1n[nH]c(=S)n1/N=C/c1cccc(OCc2c(Cl)cccc2Cl)c1. The van der Waals surface area contributed by atoms with Crippen molar-refractivity contribution in [2.45, 2.75) is 20.0 Å². The number of nitrogens with one attached hydrogen (secondary N) is 1. The van der Waals surface area contributed by atoms with Gasteiger partial charge in [0.05, 0.1) is 6.21 Å². The highest BCUT2D eigenvalue weighted by Crippen LogP contribution is 2.26. The molecular formula is C18H16Cl2N4OS. The van der Waals surface area contributed by atoms with E-state index in [2.05, 4.69) is 15.3 Å². The quantitative estimate of drug-likeness (QED) is 0.447. The third-order valence-electron chi connectivity index (χ3n) is 3.66. The molecule has 0 aliphatic heterocycles. The standard InChI is InChI=1S/C18H16Cl2N4OS/c1-2-17-22-23-18(26)24(17)21-10-12-5-3-6-13(9-12)25-11-14-15(19)7-4-8-16(14)20/h3-10H,2,11H2,1H3,(H,23,26)/b21-10+. The lowest BCUT2D eigenvalue weighted by Crippen LogP contribution is -1.99. The number of hydrogen-bond donors (Lipinski definition) is 1. The summed E-state index contributed by atoms with van der Waals surface area (Å²) in [5.74, 6) is 1.46. The summed E-state index contributed by atoms with van der Waals surface area (Å²) in [6.45, 7) is 2.27. The Balaban J connectivity index is 1.75. The molecule has 3 rings (SSSR count). The third-order valence-corrected chi connectivity index (χ3v) is 4.63. The average Bonchev–Trinajstić information content (AvgIpc) is 3.00. The van der Waals surface area contributed by atoms with Crippen LogP contribution in [-0.4, -0.2) is 21.1 Å². The van der Waals surface area contributed by atoms with Gasteiger partial charge in [-0.3, -0.25) is 5.10 Å². The second-order valence-corrected chi connectivity index (χ2v) is 6.62. The van der Waals surface area contributed by atoms with Gasteiger partial charge in [0.2, 0.25) is 4.77 Å². The van der Waals surface area contributed by atoms with Crippen LogP contribution in [0.1, 0.15) is 23.9 Å². The van der Waals surface area contributed by atoms with Gasteiger partial charge in [0.15, 0.2) is 5.82 Å². The molecule has 8 heteroatoms. The third kappa shape index (κ3) is 4.33. The van der Waals surface area contributed by atoms with E-state index in [0.29, 0.717) is 20.6 Å². The summed E-state index contributed by atoms with van der Waals surface area (Å²) in [7, 11) is 0. The van der Waals surface area contributed by atoms with E-state index in [1.54, 1.807) is 29.1 Å². The molecule has 0 saturated carbocycles. The number of H-pyrrole nitrogens is 1. The molecule has 5 nitrogen and oxygen atoms in total. The highest BCUT2D eigenvalue weighted by molar-refractivity contribution is 7.71. The Morgan fingerprint density at radius 1 is 1.23 bits per heavy atom. The lowest BCUT2D eigenvalue weighted by molar-refractivity contribution is 0.306. The Kier molecular flexibility index (Phi) is 6.08. The molecule has 0 amide bonds. The van der Waals surface area contributed by atoms with E-state index in [9.17, 15) is 0 Å². The number of halogens is 2. The lowest BCUT2D eigenvalue weighted by Gasteiger charge is -2.09. The fourth-order valence-corrected chi connectivity index (χ4v) is 3.01. The van der Waals surface area contributed by atoms with Gasteiger partial charge in [-0.2, -0.15) is 14.9 Å². The molecule has 1 N–H and O–H groups in total. The average molecular weight is 407 g/mol. The van der Waals surface area contributed by atoms with Crippen LogP contribution in [0.2, 0.25) is 10.0 Å². The first kappa shape index (κ1) is 18.6. The number of nitrogens with zero attached hydrogens (tertiary/aromatic N) is 3. The number of aromatic amines is 1. The van der Waals surface area contributed by atoms with Crippen molar-refractivity contribution < 1.29 is 4.74 Å². The van der Waals surface area contributed by atoms with Crippen LogP contribution in [0.5, 0.6) is 5.75 Å². The summed E-state index contributed by atoms with van der Waals surface area (Å²) in [5, 5.41) is 12.4. The van der Waals surface area contributed by atoms with Crippen LogP contribution in [0.4, 0.5) is 0 Å². The molecule has 1 aromatic heterocycles. The fourth-order valence-electron chi connectivity index (χ4n) is 2.31. The number of ether oxygens (including phenoxy) is 1. The fraction of sp³-hybridized carbons (Fsp3) is 0.167. The van der Waals surface area contributed by atoms with Crippen molar-refractivity contribution in [3.8, 4) is 5.75 Å². The van der Waals surface area contributed by atoms with E-state index in [1.807, 2.05) is 31.2 Å². The maximum absolute atomic E-state index is 6.17. The van der Waals surface area contributed by atoms with Crippen LogP contribution in [0.3, 0.4) is 0 Å². The molecule has 0 atom stereocenters. The molecule has 0 saturated heterocycles. The lowest BCUT2D eigenvalue weighted by atomic mass is 10.2. The highest BCUT2D eigenvalue weighted by Gasteiger charge is 2.06. The van der Waals surface area contributed by atoms with Crippen molar-refractivity contribution >= 4 is 41.6 Å². The first-order valence-electron chi connectivity index (χ1n) is 7.95. The minimum Gasteiger partial charge on any atom is -0.489 e. The first-order chi connectivity index (χ1) is 12.6. The van der Waals surface area contributed by atoms with Crippen LogP contribution >= 0.6 is 35.4 Å². The molecule has 0 aliphatic carbocycles. The number of aryl methyl sites for hydroxylation is 1. The van der Waals surface area contributed by atoms with Crippen molar-refractivity contribution in [2.75, 3.05) is 0 Å². The van der Waals surface area contributed by atoms with Crippen molar-refractivity contribution in [1.82, 2.24) is 14.9 Å². The second-order valence-electron chi connectivity index (χ2n) is 5.42. The molecule has 0 radical (unpaired) electrons. The van der Waals surface area contributed by atoms with Crippen LogP contribution < -0.4 is 4.74 Å². The van der Waals surface area contributed by atoms with Gasteiger partial charge in [0, 0.05) is 22.0 Å². The van der Waals surface area contributed by atoms with E-state index in [4.69, 9.17) is 40.2 Å². The first-order valence-corrected chi connectivity index (χ1v) is 9.11. The van der Waals surface area contributed by atoms with Gasteiger partial charge in [0.1, 0.15) is 12.4 Å². The monoisotopic (exact) mass is 406 g/mol. The number of hydrogen-bond acceptors (Lipinski definition) is 4. The molecule has 0 aliphatic rings. The predicted molar refractivity (Wildman–Crippen MR) is 107 cm³/mol. The topological polar surface area (TPSA) is 55.2 Å². The minimum absolute atomic E-state index is 0.284. The van der Waals surface area contributed by atoms with E-state index in [0.717, 1.165) is 23.4 Å². The number of benzene rings is 2. The molecule has 1 heterocycles. The number of rotatable bonds is 6. The van der Waals surface area contributed by atoms with Crippen molar-refractivity contribution in [3.05, 3.63) is 74.2 Å². The highest BCUT2D eigenvalue weighted by atomic mass is 35.5. The Hall–Kier alpha value is -2.15. The van der Waals surface area contributed by atoms with E-state index in [1.165, 1.54) is 0 Å². The zero-order valence-electron chi connectivity index (χ0n) is 13.9. The summed E-state index contributed by atoms with van der Waals surface area (Å²) >= 11 is 17.5. The summed E-state index contributed by atoms with van der Waals surface area (Å²) in [4.78, 5) is 0. The van der Waals surface area contributed by atoms with Gasteiger partial charge in [-0.15, -0.1) is 0 Å². The van der Waals surface area contributed by atoms with Crippen LogP contribution in [0, 0.1) is 4.77 Å². The largest absolute Gasteiger partial charge is 0.489 e. The van der Waals surface area contributed by atoms with Gasteiger partial charge in [-0.05, 0) is 42.0 Å². The van der Waals surface area contributed by atoms with Crippen LogP contribution in [0.25, 0.3) is 0 Å². The van der Waals surface area contributed by atoms with Gasteiger partial charge in [-0.25, -0.2) is 0 Å². The molecule has 134 valence electrons. The van der Waals surface area contributed by atoms with Gasteiger partial charge in [0.25, 0.3) is 0 Å². The Bertz CT molecular complexity index is 977. The van der Waals surface area contributed by atoms with Crippen LogP contribution in [0.15, 0.2) is 47.6 Å². The Morgan fingerprint density at radius 2 is 1.96 bits per heavy atom. The minimum atomic E-state index is 0.284. The van der Waals surface area contributed by atoms with Crippen LogP contribution in [-0.2, 0) is 13.0 Å². The Labute approximate surface area is 166 Å². The van der Waals surface area contributed by atoms with Gasteiger partial charge < -0.3 is 4.74 Å². The van der Waals surface area contributed by atoms with E-state index < -0.39 is 0 Å². The van der Waals surface area contributed by atoms with Crippen molar-refractivity contribution in [2.24, 2.45) is 5.10 Å². The van der Waals surface area contributed by atoms with E-state index >= 15 is 0 Å². The summed E-state index contributed by atoms with van der Waals surface area (Å²) < 4.78 is 7.88. The van der Waals surface area contributed by atoms with Gasteiger partial charge in [-0.1, -0.05) is 48.3 Å². The van der Waals surface area contributed by atoms with Gasteiger partial charge >= 0.3 is 0 Å². The molecule has 0 fully saturated rings. The van der Waals surface area contributed by atoms with Crippen molar-refractivity contribution in [1.29, 1.82) is 0 Å². The predicted octanol–water partition coefficient (Wildman–Crippen LogP) is 5.27. The summed E-state index contributed by atoms with van der Waals surface area (Å²) in [6.07, 6.45) is 2.44. The summed E-state index contributed by atoms with van der Waals surface area (Å²) in [5.41, 5.74) is 1.63. The molecule has 0 spiro atoms. The molecule has 26 heavy (non-hydrogen) atoms. The molecule has 2 aromatic carbocycles. The normalized spacial score (nSPS) is 11.2. The zero-order chi connectivity index (χ0) is 18.5. The molecule has 0 bridgehead atoms. The smallest absolute Gasteiger partial charge is 0.216 e. The zero-order valence-corrected chi connectivity index (χ0v) is 16.3. The maximum Gasteiger partial charge on any atom is 0.216 e. The van der Waals surface area contributed by atoms with Crippen molar-refractivity contribution in [3.63, 3.8) is 0 Å². The van der Waals surface area contributed by atoms with E-state index in [-0.39, 0.29) is 6.61 Å². The summed E-state index contributed by atoms with van der Waals surface area (Å²) in [6, 6.07) is 12.9. The Morgan fingerprint density at radius 3 is 2.69 bits per heavy atom. The molecular weight excluding hydrogens is 391 g/mol. The molecule has 0 unspecified atom stereocenters.